The van der Waals surface area contributed by atoms with E-state index in [2.05, 4.69) is 0 Å². The molecule has 2 rings (SSSR count). The molecule has 23 heavy (non-hydrogen) atoms. The molecular formula is C19H17NO3. The molecule has 2 aromatic carbocycles. The summed E-state index contributed by atoms with van der Waals surface area (Å²) in [5.41, 5.74) is 2.67. The molecule has 0 aliphatic carbocycles. The highest BCUT2D eigenvalue weighted by atomic mass is 16.5. The van der Waals surface area contributed by atoms with Crippen molar-refractivity contribution in [3.8, 4) is 11.8 Å². The first kappa shape index (κ1) is 16.3. The molecular weight excluding hydrogens is 290 g/mol. The lowest BCUT2D eigenvalue weighted by atomic mass is 10.1. The number of carbonyl (C=O) groups excluding carboxylic acids is 1. The number of rotatable bonds is 5. The molecule has 0 aliphatic rings. The van der Waals surface area contributed by atoms with Crippen LogP contribution in [0.1, 0.15) is 16.7 Å². The molecule has 0 fully saturated rings. The zero-order chi connectivity index (χ0) is 16.7. The summed E-state index contributed by atoms with van der Waals surface area (Å²) < 4.78 is 10.3. The van der Waals surface area contributed by atoms with Crippen molar-refractivity contribution in [2.45, 2.75) is 13.5 Å². The van der Waals surface area contributed by atoms with Gasteiger partial charge in [-0.25, -0.2) is 4.79 Å². The molecule has 4 nitrogen and oxygen atoms in total. The Balaban J connectivity index is 2.05. The van der Waals surface area contributed by atoms with Crippen LogP contribution in [0.25, 0.3) is 6.08 Å². The Bertz CT molecular complexity index is 755. The van der Waals surface area contributed by atoms with Gasteiger partial charge in [-0.2, -0.15) is 5.26 Å². The van der Waals surface area contributed by atoms with Gasteiger partial charge >= 0.3 is 5.97 Å². The number of hydrogen-bond donors (Lipinski definition) is 0. The number of nitrogens with zero attached hydrogens (tertiary/aromatic N) is 1. The number of aryl methyl sites for hydroxylation is 1. The standard InChI is InChI=1S/C19H17NO3/c1-14-4-3-5-16(10-14)13-23-19(21)17(12-20)11-15-6-8-18(22-2)9-7-15/h3-11H,13H2,1-2H3/b17-11+. The maximum Gasteiger partial charge on any atom is 0.349 e. The highest BCUT2D eigenvalue weighted by Crippen LogP contribution is 2.15. The van der Waals surface area contributed by atoms with Gasteiger partial charge < -0.3 is 9.47 Å². The van der Waals surface area contributed by atoms with E-state index in [1.807, 2.05) is 37.3 Å². The van der Waals surface area contributed by atoms with E-state index in [0.717, 1.165) is 16.7 Å². The Labute approximate surface area is 135 Å². The predicted molar refractivity (Wildman–Crippen MR) is 87.6 cm³/mol. The van der Waals surface area contributed by atoms with Crippen LogP contribution in [0.5, 0.6) is 5.75 Å². The van der Waals surface area contributed by atoms with Crippen LogP contribution in [0.2, 0.25) is 0 Å². The maximum absolute atomic E-state index is 12.0. The number of methoxy groups -OCH3 is 1. The van der Waals surface area contributed by atoms with Crippen molar-refractivity contribution in [1.29, 1.82) is 5.26 Å². The van der Waals surface area contributed by atoms with E-state index in [4.69, 9.17) is 14.7 Å². The molecule has 0 unspecified atom stereocenters. The van der Waals surface area contributed by atoms with Crippen molar-refractivity contribution in [2.24, 2.45) is 0 Å². The fourth-order valence-electron chi connectivity index (χ4n) is 2.03. The van der Waals surface area contributed by atoms with Crippen LogP contribution in [-0.2, 0) is 16.1 Å². The van der Waals surface area contributed by atoms with Gasteiger partial charge in [0, 0.05) is 0 Å². The number of esters is 1. The number of carbonyl (C=O) groups is 1. The Morgan fingerprint density at radius 3 is 2.57 bits per heavy atom. The predicted octanol–water partition coefficient (Wildman–Crippen LogP) is 3.65. The maximum atomic E-state index is 12.0. The van der Waals surface area contributed by atoms with Gasteiger partial charge in [-0.1, -0.05) is 42.0 Å². The molecule has 0 bridgehead atoms. The normalized spacial score (nSPS) is 10.7. The van der Waals surface area contributed by atoms with E-state index < -0.39 is 5.97 Å². The monoisotopic (exact) mass is 307 g/mol. The average molecular weight is 307 g/mol. The number of hydrogen-bond acceptors (Lipinski definition) is 4. The van der Waals surface area contributed by atoms with Crippen molar-refractivity contribution in [3.63, 3.8) is 0 Å². The molecule has 0 spiro atoms. The zero-order valence-electron chi connectivity index (χ0n) is 13.1. The lowest BCUT2D eigenvalue weighted by Gasteiger charge is -2.05. The minimum Gasteiger partial charge on any atom is -0.497 e. The summed E-state index contributed by atoms with van der Waals surface area (Å²) in [5.74, 6) is 0.0764. The molecule has 0 saturated carbocycles. The number of nitriles is 1. The van der Waals surface area contributed by atoms with E-state index in [0.29, 0.717) is 5.75 Å². The minimum atomic E-state index is -0.634. The fraction of sp³-hybridized carbons (Fsp3) is 0.158. The zero-order valence-corrected chi connectivity index (χ0v) is 13.1. The van der Waals surface area contributed by atoms with Gasteiger partial charge in [-0.05, 0) is 36.3 Å². The second kappa shape index (κ2) is 7.81. The summed E-state index contributed by atoms with van der Waals surface area (Å²) in [4.78, 5) is 12.0. The molecule has 0 aromatic heterocycles. The highest BCUT2D eigenvalue weighted by Gasteiger charge is 2.11. The van der Waals surface area contributed by atoms with Gasteiger partial charge in [-0.15, -0.1) is 0 Å². The van der Waals surface area contributed by atoms with Crippen molar-refractivity contribution >= 4 is 12.0 Å². The van der Waals surface area contributed by atoms with Gasteiger partial charge in [0.25, 0.3) is 0 Å². The lowest BCUT2D eigenvalue weighted by Crippen LogP contribution is -2.06. The molecule has 4 heteroatoms. The third-order valence-electron chi connectivity index (χ3n) is 3.22. The Morgan fingerprint density at radius 2 is 1.96 bits per heavy atom. The van der Waals surface area contributed by atoms with Gasteiger partial charge in [0.05, 0.1) is 7.11 Å². The van der Waals surface area contributed by atoms with Gasteiger partial charge in [0.1, 0.15) is 24.0 Å². The van der Waals surface area contributed by atoms with Crippen LogP contribution in [0, 0.1) is 18.3 Å². The molecule has 2 aromatic rings. The SMILES string of the molecule is COc1ccc(/C=C(\C#N)C(=O)OCc2cccc(C)c2)cc1. The minimum absolute atomic E-state index is 0.0391. The molecule has 0 aliphatic heterocycles. The van der Waals surface area contributed by atoms with E-state index in [1.165, 1.54) is 6.08 Å². The van der Waals surface area contributed by atoms with Gasteiger partial charge in [0.2, 0.25) is 0 Å². The van der Waals surface area contributed by atoms with E-state index in [9.17, 15) is 4.79 Å². The van der Waals surface area contributed by atoms with Crippen LogP contribution in [0.4, 0.5) is 0 Å². The first-order valence-electron chi connectivity index (χ1n) is 7.11. The van der Waals surface area contributed by atoms with Crippen molar-refractivity contribution in [2.75, 3.05) is 7.11 Å². The number of ether oxygens (including phenoxy) is 2. The van der Waals surface area contributed by atoms with E-state index >= 15 is 0 Å². The fourth-order valence-corrected chi connectivity index (χ4v) is 2.03. The smallest absolute Gasteiger partial charge is 0.349 e. The third-order valence-corrected chi connectivity index (χ3v) is 3.22. The largest absolute Gasteiger partial charge is 0.497 e. The van der Waals surface area contributed by atoms with Crippen molar-refractivity contribution in [3.05, 3.63) is 70.8 Å². The average Bonchev–Trinajstić information content (AvgIpc) is 2.58. The van der Waals surface area contributed by atoms with Gasteiger partial charge in [0.15, 0.2) is 0 Å². The van der Waals surface area contributed by atoms with E-state index in [1.54, 1.807) is 31.4 Å². The van der Waals surface area contributed by atoms with Crippen LogP contribution >= 0.6 is 0 Å². The van der Waals surface area contributed by atoms with Crippen LogP contribution in [0.15, 0.2) is 54.1 Å². The van der Waals surface area contributed by atoms with E-state index in [-0.39, 0.29) is 12.2 Å². The molecule has 0 radical (unpaired) electrons. The van der Waals surface area contributed by atoms with Crippen molar-refractivity contribution in [1.82, 2.24) is 0 Å². The van der Waals surface area contributed by atoms with Gasteiger partial charge in [-0.3, -0.25) is 0 Å². The molecule has 116 valence electrons. The first-order chi connectivity index (χ1) is 11.1. The topological polar surface area (TPSA) is 59.3 Å². The Kier molecular flexibility index (Phi) is 5.54. The summed E-state index contributed by atoms with van der Waals surface area (Å²) in [6.45, 7) is 2.11. The third kappa shape index (κ3) is 4.72. The lowest BCUT2D eigenvalue weighted by molar-refractivity contribution is -0.139. The summed E-state index contributed by atoms with van der Waals surface area (Å²) in [6.07, 6.45) is 1.50. The molecule has 0 amide bonds. The quantitative estimate of drug-likeness (QED) is 0.480. The van der Waals surface area contributed by atoms with Crippen LogP contribution in [0.3, 0.4) is 0 Å². The summed E-state index contributed by atoms with van der Waals surface area (Å²) in [6, 6.07) is 16.6. The molecule has 0 saturated heterocycles. The van der Waals surface area contributed by atoms with Crippen LogP contribution < -0.4 is 4.74 Å². The van der Waals surface area contributed by atoms with Crippen molar-refractivity contribution < 1.29 is 14.3 Å². The van der Waals surface area contributed by atoms with Crippen LogP contribution in [-0.4, -0.2) is 13.1 Å². The summed E-state index contributed by atoms with van der Waals surface area (Å²) in [5, 5.41) is 9.16. The Morgan fingerprint density at radius 1 is 1.22 bits per heavy atom. The molecule has 0 atom stereocenters. The molecule has 0 heterocycles. The first-order valence-corrected chi connectivity index (χ1v) is 7.11. The summed E-state index contributed by atoms with van der Waals surface area (Å²) >= 11 is 0. The molecule has 0 N–H and O–H groups in total. The second-order valence-corrected chi connectivity index (χ2v) is 5.01. The highest BCUT2D eigenvalue weighted by molar-refractivity contribution is 5.97. The Hall–Kier alpha value is -3.06. The summed E-state index contributed by atoms with van der Waals surface area (Å²) in [7, 11) is 1.58. The number of benzene rings is 2. The second-order valence-electron chi connectivity index (χ2n) is 5.01.